The summed E-state index contributed by atoms with van der Waals surface area (Å²) in [6.07, 6.45) is -0.111. The molecule has 2 amide bonds. The van der Waals surface area contributed by atoms with Gasteiger partial charge in [-0.1, -0.05) is 0 Å². The third-order valence-electron chi connectivity index (χ3n) is 5.03. The molecule has 1 aromatic carbocycles. The lowest BCUT2D eigenvalue weighted by Gasteiger charge is -2.29. The fourth-order valence-corrected chi connectivity index (χ4v) is 4.86. The number of thioether (sulfide) groups is 1. The van der Waals surface area contributed by atoms with E-state index in [-0.39, 0.29) is 23.0 Å². The Kier molecular flexibility index (Phi) is 5.69. The number of esters is 1. The molecule has 0 bridgehead atoms. The first-order valence-electron chi connectivity index (χ1n) is 8.96. The average molecular weight is 423 g/mol. The van der Waals surface area contributed by atoms with E-state index in [1.807, 2.05) is 6.92 Å². The molecule has 2 heterocycles. The summed E-state index contributed by atoms with van der Waals surface area (Å²) < 4.78 is 10.4. The van der Waals surface area contributed by atoms with Gasteiger partial charge in [-0.3, -0.25) is 19.7 Å². The number of hydrogen-bond donors (Lipinski definition) is 1. The topological polar surface area (TPSA) is 128 Å². The van der Waals surface area contributed by atoms with Gasteiger partial charge in [0.1, 0.15) is 11.8 Å². The van der Waals surface area contributed by atoms with Crippen LogP contribution in [-0.2, 0) is 19.1 Å². The zero-order valence-electron chi connectivity index (χ0n) is 16.2. The van der Waals surface area contributed by atoms with Gasteiger partial charge in [0.2, 0.25) is 5.91 Å². The lowest BCUT2D eigenvalue weighted by atomic mass is 10.2. The fourth-order valence-electron chi connectivity index (χ4n) is 3.44. The molecule has 0 aromatic heterocycles. The van der Waals surface area contributed by atoms with Crippen molar-refractivity contribution in [1.29, 1.82) is 0 Å². The predicted molar refractivity (Wildman–Crippen MR) is 105 cm³/mol. The largest absolute Gasteiger partial charge is 0.495 e. The Hall–Kier alpha value is -2.82. The molecule has 0 aliphatic carbocycles. The number of benzene rings is 1. The van der Waals surface area contributed by atoms with Crippen molar-refractivity contribution >= 4 is 40.9 Å². The number of carbonyl (C=O) groups excluding carboxylic acids is 3. The Bertz CT molecular complexity index is 877. The van der Waals surface area contributed by atoms with E-state index in [9.17, 15) is 24.5 Å². The van der Waals surface area contributed by atoms with Crippen LogP contribution in [0.1, 0.15) is 26.7 Å². The third-order valence-corrected chi connectivity index (χ3v) is 6.54. The Morgan fingerprint density at radius 3 is 2.83 bits per heavy atom. The summed E-state index contributed by atoms with van der Waals surface area (Å²) in [6, 6.07) is 3.04. The van der Waals surface area contributed by atoms with Gasteiger partial charge in [0, 0.05) is 24.3 Å². The molecule has 156 valence electrons. The van der Waals surface area contributed by atoms with Gasteiger partial charge in [-0.25, -0.2) is 4.79 Å². The molecule has 3 atom stereocenters. The molecule has 2 fully saturated rings. The van der Waals surface area contributed by atoms with Gasteiger partial charge in [-0.05, 0) is 26.3 Å². The second-order valence-electron chi connectivity index (χ2n) is 6.98. The van der Waals surface area contributed by atoms with Gasteiger partial charge in [-0.15, -0.1) is 11.8 Å². The van der Waals surface area contributed by atoms with Crippen LogP contribution in [0.5, 0.6) is 5.75 Å². The minimum atomic E-state index is -1.17. The molecule has 11 heteroatoms. The van der Waals surface area contributed by atoms with Crippen molar-refractivity contribution in [3.8, 4) is 5.75 Å². The minimum Gasteiger partial charge on any atom is -0.495 e. The summed E-state index contributed by atoms with van der Waals surface area (Å²) in [7, 11) is 1.36. The highest BCUT2D eigenvalue weighted by molar-refractivity contribution is 8.01. The third kappa shape index (κ3) is 4.00. The van der Waals surface area contributed by atoms with Crippen molar-refractivity contribution in [1.82, 2.24) is 4.90 Å². The summed E-state index contributed by atoms with van der Waals surface area (Å²) in [5, 5.41) is 13.4. The van der Waals surface area contributed by atoms with Gasteiger partial charge in [0.25, 0.3) is 11.6 Å². The Labute approximate surface area is 171 Å². The van der Waals surface area contributed by atoms with Crippen LogP contribution in [0.3, 0.4) is 0 Å². The summed E-state index contributed by atoms with van der Waals surface area (Å²) in [5.74, 6) is -0.775. The highest BCUT2D eigenvalue weighted by Gasteiger charge is 2.53. The van der Waals surface area contributed by atoms with Crippen molar-refractivity contribution in [2.45, 2.75) is 43.7 Å². The number of methoxy groups -OCH3 is 1. The molecule has 1 N–H and O–H groups in total. The molecule has 0 unspecified atom stereocenters. The number of ether oxygens (including phenoxy) is 2. The first-order valence-corrected chi connectivity index (χ1v) is 9.95. The van der Waals surface area contributed by atoms with Crippen molar-refractivity contribution in [3.63, 3.8) is 0 Å². The van der Waals surface area contributed by atoms with Crippen molar-refractivity contribution in [2.75, 3.05) is 18.2 Å². The van der Waals surface area contributed by atoms with Gasteiger partial charge in [-0.2, -0.15) is 0 Å². The number of hydrogen-bond acceptors (Lipinski definition) is 8. The predicted octanol–water partition coefficient (Wildman–Crippen LogP) is 1.93. The first kappa shape index (κ1) is 20.9. The summed E-state index contributed by atoms with van der Waals surface area (Å²) >= 11 is 1.53. The van der Waals surface area contributed by atoms with E-state index in [0.29, 0.717) is 18.6 Å². The molecule has 3 rings (SSSR count). The Morgan fingerprint density at radius 2 is 2.17 bits per heavy atom. The summed E-state index contributed by atoms with van der Waals surface area (Å²) in [5.41, 5.74) is -0.131. The normalized spacial score (nSPS) is 24.0. The maximum atomic E-state index is 12.6. The van der Waals surface area contributed by atoms with E-state index in [0.717, 1.165) is 6.07 Å². The smallest absolute Gasteiger partial charge is 0.330 e. The molecule has 2 aliphatic heterocycles. The highest BCUT2D eigenvalue weighted by atomic mass is 32.2. The van der Waals surface area contributed by atoms with Crippen molar-refractivity contribution < 1.29 is 28.8 Å². The molecule has 0 spiro atoms. The van der Waals surface area contributed by atoms with Crippen LogP contribution in [0.2, 0.25) is 0 Å². The zero-order chi connectivity index (χ0) is 21.3. The number of nitro groups is 1. The molecular formula is C18H21N3O7S. The van der Waals surface area contributed by atoms with E-state index in [1.165, 1.54) is 37.9 Å². The number of anilines is 1. The van der Waals surface area contributed by atoms with Crippen LogP contribution >= 0.6 is 11.8 Å². The quantitative estimate of drug-likeness (QED) is 0.418. The van der Waals surface area contributed by atoms with Gasteiger partial charge in [0.15, 0.2) is 6.10 Å². The molecule has 0 saturated carbocycles. The number of rotatable bonds is 6. The van der Waals surface area contributed by atoms with Crippen LogP contribution in [0.15, 0.2) is 18.2 Å². The second-order valence-corrected chi connectivity index (χ2v) is 8.48. The maximum Gasteiger partial charge on any atom is 0.330 e. The number of nitro benzene ring substituents is 1. The molecule has 2 aliphatic rings. The van der Waals surface area contributed by atoms with Crippen LogP contribution in [-0.4, -0.2) is 57.5 Å². The zero-order valence-corrected chi connectivity index (χ0v) is 17.0. The van der Waals surface area contributed by atoms with Gasteiger partial charge in [0.05, 0.1) is 22.6 Å². The number of nitrogens with one attached hydrogen (secondary N) is 1. The average Bonchev–Trinajstić information content (AvgIpc) is 3.17. The highest BCUT2D eigenvalue weighted by Crippen LogP contribution is 2.47. The SMILES string of the molecule is COc1ccc([N+](=O)[O-])cc1NC(=O)[C@@H](C)OC(=O)[C@H]1CS[C@@]2(C)CCC(=O)N12. The van der Waals surface area contributed by atoms with Crippen molar-refractivity contribution in [3.05, 3.63) is 28.3 Å². The number of fused-ring (bicyclic) bond motifs is 1. The Morgan fingerprint density at radius 1 is 1.45 bits per heavy atom. The number of carbonyl (C=O) groups is 3. The molecule has 10 nitrogen and oxygen atoms in total. The molecule has 29 heavy (non-hydrogen) atoms. The van der Waals surface area contributed by atoms with Gasteiger partial charge < -0.3 is 19.7 Å². The molecule has 0 radical (unpaired) electrons. The molecule has 2 saturated heterocycles. The lowest BCUT2D eigenvalue weighted by Crippen LogP contribution is -2.48. The minimum absolute atomic E-state index is 0.0910. The van der Waals surface area contributed by atoms with E-state index in [2.05, 4.69) is 5.32 Å². The fraction of sp³-hybridized carbons (Fsp3) is 0.500. The Balaban J connectivity index is 1.67. The standard InChI is InChI=1S/C18H21N3O7S/c1-10(16(23)19-12-8-11(21(25)26)4-5-14(12)27-3)28-17(24)13-9-29-18(2)7-6-15(22)20(13)18/h4-5,8,10,13H,6-7,9H2,1-3H3,(H,19,23)/t10-,13-,18+/m1/s1. The number of nitrogens with zero attached hydrogens (tertiary/aromatic N) is 2. The lowest BCUT2D eigenvalue weighted by molar-refractivity contribution is -0.384. The number of amides is 2. The van der Waals surface area contributed by atoms with Gasteiger partial charge >= 0.3 is 5.97 Å². The van der Waals surface area contributed by atoms with Crippen molar-refractivity contribution in [2.24, 2.45) is 0 Å². The van der Waals surface area contributed by atoms with Crippen LogP contribution in [0.25, 0.3) is 0 Å². The molecular weight excluding hydrogens is 402 g/mol. The monoisotopic (exact) mass is 423 g/mol. The summed E-state index contributed by atoms with van der Waals surface area (Å²) in [6.45, 7) is 3.31. The van der Waals surface area contributed by atoms with E-state index >= 15 is 0 Å². The van der Waals surface area contributed by atoms with Crippen LogP contribution in [0, 0.1) is 10.1 Å². The molecule has 1 aromatic rings. The van der Waals surface area contributed by atoms with Crippen LogP contribution < -0.4 is 10.1 Å². The van der Waals surface area contributed by atoms with E-state index in [1.54, 1.807) is 4.90 Å². The van der Waals surface area contributed by atoms with E-state index in [4.69, 9.17) is 9.47 Å². The number of non-ortho nitro benzene ring substituents is 1. The maximum absolute atomic E-state index is 12.6. The summed E-state index contributed by atoms with van der Waals surface area (Å²) in [4.78, 5) is 48.7. The second kappa shape index (κ2) is 7.90. The van der Waals surface area contributed by atoms with E-state index < -0.39 is 33.8 Å². The first-order chi connectivity index (χ1) is 13.7. The van der Waals surface area contributed by atoms with Crippen LogP contribution in [0.4, 0.5) is 11.4 Å².